The van der Waals surface area contributed by atoms with Gasteiger partial charge in [-0.05, 0) is 49.8 Å². The number of hydrogen-bond acceptors (Lipinski definition) is 15. The second kappa shape index (κ2) is 13.8. The molecule has 1 spiro atoms. The van der Waals surface area contributed by atoms with E-state index in [1.54, 1.807) is 51.1 Å². The van der Waals surface area contributed by atoms with Crippen molar-refractivity contribution in [1.29, 1.82) is 0 Å². The van der Waals surface area contributed by atoms with Crippen molar-refractivity contribution in [3.8, 4) is 40.2 Å². The molecule has 5 unspecified atom stereocenters. The van der Waals surface area contributed by atoms with E-state index >= 15 is 0 Å². The summed E-state index contributed by atoms with van der Waals surface area (Å²) in [6, 6.07) is 3.53. The maximum Gasteiger partial charge on any atom is 0.340 e. The van der Waals surface area contributed by atoms with Gasteiger partial charge in [-0.1, -0.05) is 45.9 Å². The van der Waals surface area contributed by atoms with Crippen LogP contribution in [0.15, 0.2) is 36.4 Å². The van der Waals surface area contributed by atoms with E-state index in [9.17, 15) is 69.8 Å². The SMILES string of the molecule is CCc1cc2c(c(CC)c1O)Oc1c(CC)c(O)c(CC)c(Oc3cc(O)c(CC45C(C(=O)O)N4C5C(=O)O)c(CC45C(C(=O)O)N4C5C(=O)O)c3[N+](=O)[O-])c1C21OC(=O)c2ccccc21. The van der Waals surface area contributed by atoms with Crippen LogP contribution in [-0.4, -0.2) is 116 Å². The largest absolute Gasteiger partial charge is 0.508 e. The number of esters is 1. The minimum Gasteiger partial charge on any atom is -0.508 e. The monoisotopic (exact) mass is 907 g/mol. The first-order valence-electron chi connectivity index (χ1n) is 21.3. The smallest absolute Gasteiger partial charge is 0.340 e. The number of phenolic OH excluding ortho intramolecular Hbond substituents is 3. The Balaban J connectivity index is 1.25. The summed E-state index contributed by atoms with van der Waals surface area (Å²) in [6.45, 7) is 7.01. The molecule has 20 nitrogen and oxygen atoms in total. The number of hydrogen-bond donors (Lipinski definition) is 7. The van der Waals surface area contributed by atoms with E-state index in [0.29, 0.717) is 23.1 Å². The Morgan fingerprint density at radius 2 is 1.24 bits per heavy atom. The van der Waals surface area contributed by atoms with Crippen molar-refractivity contribution in [1.82, 2.24) is 9.80 Å². The van der Waals surface area contributed by atoms with E-state index in [0.717, 1.165) is 15.9 Å². The number of carbonyl (C=O) groups excluding carboxylic acids is 1. The van der Waals surface area contributed by atoms with E-state index in [2.05, 4.69) is 0 Å². The number of fused-ring (bicyclic) bond motifs is 8. The predicted molar refractivity (Wildman–Crippen MR) is 223 cm³/mol. The fourth-order valence-corrected chi connectivity index (χ4v) is 11.5. The second-order valence-corrected chi connectivity index (χ2v) is 17.4. The van der Waals surface area contributed by atoms with Gasteiger partial charge in [0.15, 0.2) is 5.60 Å². The van der Waals surface area contributed by atoms with Gasteiger partial charge in [-0.15, -0.1) is 0 Å². The highest BCUT2D eigenvalue weighted by atomic mass is 16.6. The molecule has 4 aromatic rings. The number of phenols is 3. The van der Waals surface area contributed by atoms with Crippen LogP contribution in [0.2, 0.25) is 0 Å². The first-order chi connectivity index (χ1) is 31.3. The molecule has 4 saturated heterocycles. The maximum absolute atomic E-state index is 14.1. The van der Waals surface area contributed by atoms with Crippen molar-refractivity contribution in [3.05, 3.63) is 102 Å². The normalized spacial score (nSPS) is 28.4. The predicted octanol–water partition coefficient (Wildman–Crippen LogP) is 4.36. The number of carbonyl (C=O) groups is 5. The van der Waals surface area contributed by atoms with Gasteiger partial charge in [-0.2, -0.15) is 0 Å². The number of ether oxygens (including phenoxy) is 3. The summed E-state index contributed by atoms with van der Waals surface area (Å²) in [7, 11) is 0. The third-order valence-corrected chi connectivity index (χ3v) is 14.6. The van der Waals surface area contributed by atoms with E-state index < -0.39 is 111 Å². The number of benzene rings is 4. The molecule has 6 aliphatic rings. The van der Waals surface area contributed by atoms with Crippen molar-refractivity contribution < 1.29 is 78.9 Å². The number of nitrogens with zero attached hydrogens (tertiary/aromatic N) is 3. The van der Waals surface area contributed by atoms with Gasteiger partial charge < -0.3 is 50.0 Å². The van der Waals surface area contributed by atoms with Gasteiger partial charge in [0.25, 0.3) is 0 Å². The molecule has 0 bridgehead atoms. The Morgan fingerprint density at radius 1 is 0.712 bits per heavy atom. The third kappa shape index (κ3) is 5.12. The van der Waals surface area contributed by atoms with E-state index in [1.165, 1.54) is 0 Å². The Labute approximate surface area is 372 Å². The average molecular weight is 908 g/mol. The standard InChI is InChI=1S/C46H41N3O17/c1-5-17-13-25-32(18(6-2)30(17)51)65-34-20(8-4)31(52)19(7-3)33(28(34)46(25)24-12-10-9-11-21(24)43(61)66-46)64-27-14-26(50)22(15-44-35(39(53)54)47(44)36(44)40(55)56)23(29(27)49(62)63)16-45-37(41(57)58)48(45)38(45)42(59)60/h9-14,35-38,50-52H,5-8,15-16H2,1-4H3,(H,53,54)(H,55,56)(H,57,58)(H,59,60). The lowest BCUT2D eigenvalue weighted by molar-refractivity contribution is -0.386. The van der Waals surface area contributed by atoms with Crippen molar-refractivity contribution in [2.24, 2.45) is 0 Å². The number of rotatable bonds is 15. The summed E-state index contributed by atoms with van der Waals surface area (Å²) < 4.78 is 19.9. The summed E-state index contributed by atoms with van der Waals surface area (Å²) in [5.74, 6) is -8.44. The molecule has 4 fully saturated rings. The molecule has 342 valence electrons. The fourth-order valence-electron chi connectivity index (χ4n) is 11.5. The zero-order chi connectivity index (χ0) is 47.4. The first kappa shape index (κ1) is 42.5. The highest BCUT2D eigenvalue weighted by molar-refractivity contribution is 5.98. The maximum atomic E-state index is 14.1. The summed E-state index contributed by atoms with van der Waals surface area (Å²) in [4.78, 5) is 78.3. The third-order valence-electron chi connectivity index (χ3n) is 14.6. The van der Waals surface area contributed by atoms with Crippen molar-refractivity contribution >= 4 is 35.5 Å². The van der Waals surface area contributed by atoms with E-state index in [1.807, 2.05) is 6.92 Å². The Kier molecular flexibility index (Phi) is 8.88. The van der Waals surface area contributed by atoms with Gasteiger partial charge in [0.2, 0.25) is 5.75 Å². The molecule has 6 heterocycles. The zero-order valence-corrected chi connectivity index (χ0v) is 35.6. The summed E-state index contributed by atoms with van der Waals surface area (Å²) in [6.07, 6.45) is -0.569. The van der Waals surface area contributed by atoms with Crippen LogP contribution in [0.1, 0.15) is 88.1 Å². The minimum atomic E-state index is -1.96. The Bertz CT molecular complexity index is 2940. The summed E-state index contributed by atoms with van der Waals surface area (Å²) in [5.41, 5.74) is -5.09. The van der Waals surface area contributed by atoms with Crippen LogP contribution >= 0.6 is 0 Å². The van der Waals surface area contributed by atoms with Crippen molar-refractivity contribution in [2.45, 2.75) is 107 Å². The van der Waals surface area contributed by atoms with Crippen LogP contribution in [0.4, 0.5) is 5.69 Å². The lowest BCUT2D eigenvalue weighted by Gasteiger charge is -2.40. The highest BCUT2D eigenvalue weighted by Crippen LogP contribution is 2.69. The van der Waals surface area contributed by atoms with Crippen LogP contribution in [0.25, 0.3) is 0 Å². The minimum absolute atomic E-state index is 0.000797. The molecule has 20 heteroatoms. The van der Waals surface area contributed by atoms with Crippen LogP contribution in [0, 0.1) is 10.1 Å². The highest BCUT2D eigenvalue weighted by Gasteiger charge is 2.92. The molecule has 4 aromatic carbocycles. The molecule has 10 rings (SSSR count). The van der Waals surface area contributed by atoms with Gasteiger partial charge in [0.1, 0.15) is 58.7 Å². The van der Waals surface area contributed by atoms with Gasteiger partial charge in [0.05, 0.1) is 27.1 Å². The molecule has 0 aliphatic carbocycles. The van der Waals surface area contributed by atoms with Gasteiger partial charge in [-0.3, -0.25) is 39.1 Å². The van der Waals surface area contributed by atoms with Crippen molar-refractivity contribution in [3.63, 3.8) is 0 Å². The fraction of sp³-hybridized carbons (Fsp3) is 0.370. The lowest BCUT2D eigenvalue weighted by Crippen LogP contribution is -2.38. The van der Waals surface area contributed by atoms with Crippen LogP contribution in [0.5, 0.6) is 40.2 Å². The second-order valence-electron chi connectivity index (χ2n) is 17.4. The molecule has 0 aromatic heterocycles. The molecule has 5 atom stereocenters. The summed E-state index contributed by atoms with van der Waals surface area (Å²) >= 11 is 0. The number of aryl methyl sites for hydroxylation is 1. The van der Waals surface area contributed by atoms with Crippen LogP contribution in [-0.2, 0) is 68.0 Å². The average Bonchev–Trinajstić information content (AvgIpc) is 4.19. The molecule has 6 aliphatic heterocycles. The molecular weight excluding hydrogens is 867 g/mol. The van der Waals surface area contributed by atoms with E-state index in [4.69, 9.17) is 14.2 Å². The van der Waals surface area contributed by atoms with Gasteiger partial charge in [-0.25, -0.2) is 4.79 Å². The number of nitro benzene ring substituents is 1. The number of carboxylic acid groups (broad SMARTS) is 4. The van der Waals surface area contributed by atoms with Crippen LogP contribution in [0.3, 0.4) is 0 Å². The van der Waals surface area contributed by atoms with Gasteiger partial charge >= 0.3 is 35.5 Å². The molecular formula is C46H41N3O17. The topological polar surface area (TPSA) is 304 Å². The first-order valence-corrected chi connectivity index (χ1v) is 21.3. The van der Waals surface area contributed by atoms with Crippen LogP contribution < -0.4 is 9.47 Å². The van der Waals surface area contributed by atoms with E-state index in [-0.39, 0.29) is 81.4 Å². The lowest BCUT2D eigenvalue weighted by atomic mass is 9.74. The Hall–Kier alpha value is -7.45. The molecule has 66 heavy (non-hydrogen) atoms. The van der Waals surface area contributed by atoms with Crippen molar-refractivity contribution in [2.75, 3.05) is 0 Å². The number of aromatic hydroxyl groups is 3. The molecule has 0 radical (unpaired) electrons. The quantitative estimate of drug-likeness (QED) is 0.0377. The number of nitro groups is 1. The zero-order valence-electron chi connectivity index (χ0n) is 35.6. The Morgan fingerprint density at radius 3 is 1.76 bits per heavy atom. The molecule has 0 amide bonds. The molecule has 0 saturated carbocycles. The summed E-state index contributed by atoms with van der Waals surface area (Å²) in [5, 5.41) is 89.3. The molecule has 7 N–H and O–H groups in total. The number of carboxylic acids is 4. The number of aliphatic carboxylic acids is 4. The van der Waals surface area contributed by atoms with Gasteiger partial charge in [0, 0.05) is 51.4 Å².